The van der Waals surface area contributed by atoms with Crippen LogP contribution in [-0.2, 0) is 11.3 Å². The number of aromatic nitrogens is 2. The second-order valence-electron chi connectivity index (χ2n) is 7.13. The van der Waals surface area contributed by atoms with Crippen LogP contribution in [0, 0.1) is 5.82 Å². The Kier molecular flexibility index (Phi) is 4.95. The number of carbonyl (C=O) groups is 3. The van der Waals surface area contributed by atoms with Gasteiger partial charge in [-0.1, -0.05) is 35.6 Å². The van der Waals surface area contributed by atoms with Crippen LogP contribution in [-0.4, -0.2) is 39.1 Å². The van der Waals surface area contributed by atoms with Gasteiger partial charge in [-0.3, -0.25) is 29.2 Å². The van der Waals surface area contributed by atoms with Gasteiger partial charge < -0.3 is 0 Å². The number of benzene rings is 2. The molecule has 0 radical (unpaired) electrons. The first-order valence-electron chi connectivity index (χ1n) is 9.73. The molecule has 0 aliphatic carbocycles. The Labute approximate surface area is 185 Å². The van der Waals surface area contributed by atoms with Crippen molar-refractivity contribution in [2.45, 2.75) is 6.54 Å². The molecule has 0 bridgehead atoms. The number of hydrogen-bond acceptors (Lipinski definition) is 6. The number of pyridine rings is 1. The molecular weight excluding hydrogens is 431 g/mol. The van der Waals surface area contributed by atoms with Crippen molar-refractivity contribution in [2.75, 3.05) is 11.4 Å². The zero-order valence-corrected chi connectivity index (χ0v) is 17.4. The summed E-state index contributed by atoms with van der Waals surface area (Å²) in [7, 11) is 0. The number of amides is 3. The molecule has 0 spiro atoms. The Hall–Kier alpha value is -3.98. The number of imide groups is 1. The van der Waals surface area contributed by atoms with Gasteiger partial charge in [0.15, 0.2) is 5.13 Å². The monoisotopic (exact) mass is 446 g/mol. The predicted molar refractivity (Wildman–Crippen MR) is 117 cm³/mol. The molecule has 0 atom stereocenters. The number of fused-ring (bicyclic) bond motifs is 2. The minimum Gasteiger partial charge on any atom is -0.280 e. The third kappa shape index (κ3) is 3.42. The fraction of sp³-hybridized carbons (Fsp3) is 0.0870. The first-order valence-corrected chi connectivity index (χ1v) is 10.5. The lowest BCUT2D eigenvalue weighted by Gasteiger charge is -2.22. The summed E-state index contributed by atoms with van der Waals surface area (Å²) < 4.78 is 14.8. The van der Waals surface area contributed by atoms with E-state index in [0.29, 0.717) is 10.4 Å². The Balaban J connectivity index is 1.49. The van der Waals surface area contributed by atoms with Crippen molar-refractivity contribution < 1.29 is 18.8 Å². The number of halogens is 1. The molecule has 4 aromatic rings. The Morgan fingerprint density at radius 1 is 0.969 bits per heavy atom. The van der Waals surface area contributed by atoms with Crippen LogP contribution in [0.25, 0.3) is 10.2 Å². The van der Waals surface area contributed by atoms with Crippen LogP contribution in [0.3, 0.4) is 0 Å². The van der Waals surface area contributed by atoms with E-state index in [9.17, 15) is 18.8 Å². The molecule has 0 N–H and O–H groups in total. The Bertz CT molecular complexity index is 1340. The van der Waals surface area contributed by atoms with Gasteiger partial charge in [0, 0.05) is 6.20 Å². The highest BCUT2D eigenvalue weighted by atomic mass is 32.1. The molecule has 2 aromatic heterocycles. The summed E-state index contributed by atoms with van der Waals surface area (Å²) in [6.45, 7) is -0.401. The van der Waals surface area contributed by atoms with Crippen LogP contribution in [0.5, 0.6) is 0 Å². The second kappa shape index (κ2) is 7.93. The van der Waals surface area contributed by atoms with Crippen molar-refractivity contribution in [1.29, 1.82) is 0 Å². The van der Waals surface area contributed by atoms with Gasteiger partial charge >= 0.3 is 0 Å². The van der Waals surface area contributed by atoms with Gasteiger partial charge in [-0.05, 0) is 36.4 Å². The van der Waals surface area contributed by atoms with E-state index in [-0.39, 0.29) is 28.3 Å². The SMILES string of the molecule is O=C1c2ccccc2C(=O)N1CC(=O)N(Cc1ccccn1)c1nc2c(F)cccc2s1. The van der Waals surface area contributed by atoms with Crippen LogP contribution >= 0.6 is 11.3 Å². The van der Waals surface area contributed by atoms with E-state index >= 15 is 0 Å². The number of thiazole rings is 1. The number of hydrogen-bond donors (Lipinski definition) is 0. The molecule has 7 nitrogen and oxygen atoms in total. The first-order chi connectivity index (χ1) is 15.5. The number of nitrogens with zero attached hydrogens (tertiary/aromatic N) is 4. The number of anilines is 1. The average molecular weight is 446 g/mol. The zero-order chi connectivity index (χ0) is 22.2. The lowest BCUT2D eigenvalue weighted by atomic mass is 10.1. The summed E-state index contributed by atoms with van der Waals surface area (Å²) >= 11 is 1.15. The fourth-order valence-corrected chi connectivity index (χ4v) is 4.53. The first kappa shape index (κ1) is 20.0. The maximum atomic E-state index is 14.2. The minimum absolute atomic E-state index is 0.0598. The maximum absolute atomic E-state index is 14.2. The predicted octanol–water partition coefficient (Wildman–Crippen LogP) is 3.66. The smallest absolute Gasteiger partial charge is 0.262 e. The van der Waals surface area contributed by atoms with Gasteiger partial charge in [0.1, 0.15) is 17.9 Å². The highest BCUT2D eigenvalue weighted by Crippen LogP contribution is 2.31. The minimum atomic E-state index is -0.523. The molecule has 3 amide bonds. The van der Waals surface area contributed by atoms with E-state index in [1.165, 1.54) is 11.0 Å². The Morgan fingerprint density at radius 3 is 2.34 bits per heavy atom. The molecular formula is C23H15FN4O3S. The topological polar surface area (TPSA) is 83.5 Å². The largest absolute Gasteiger partial charge is 0.280 e. The van der Waals surface area contributed by atoms with Gasteiger partial charge in [-0.15, -0.1) is 0 Å². The molecule has 32 heavy (non-hydrogen) atoms. The standard InChI is InChI=1S/C23H15FN4O3S/c24-17-9-5-10-18-20(17)26-23(32-18)27(12-14-6-3-4-11-25-14)19(29)13-28-21(30)15-7-1-2-8-16(15)22(28)31/h1-11H,12-13H2. The molecule has 1 aliphatic heterocycles. The molecule has 3 heterocycles. The van der Waals surface area contributed by atoms with Crippen LogP contribution < -0.4 is 4.90 Å². The maximum Gasteiger partial charge on any atom is 0.262 e. The van der Waals surface area contributed by atoms with Gasteiger partial charge in [0.25, 0.3) is 11.8 Å². The van der Waals surface area contributed by atoms with Crippen molar-refractivity contribution in [3.8, 4) is 0 Å². The molecule has 158 valence electrons. The van der Waals surface area contributed by atoms with Crippen LogP contribution in [0.1, 0.15) is 26.4 Å². The summed E-state index contributed by atoms with van der Waals surface area (Å²) in [4.78, 5) is 49.6. The normalized spacial score (nSPS) is 13.0. The zero-order valence-electron chi connectivity index (χ0n) is 16.6. The molecule has 0 saturated carbocycles. The summed E-state index contributed by atoms with van der Waals surface area (Å²) in [5.74, 6) is -2.06. The van der Waals surface area contributed by atoms with Crippen molar-refractivity contribution in [3.05, 3.63) is 89.5 Å². The summed E-state index contributed by atoms with van der Waals surface area (Å²) in [6, 6.07) is 16.3. The molecule has 0 unspecified atom stereocenters. The lowest BCUT2D eigenvalue weighted by Crippen LogP contribution is -2.42. The van der Waals surface area contributed by atoms with E-state index in [1.54, 1.807) is 60.8 Å². The van der Waals surface area contributed by atoms with Crippen molar-refractivity contribution >= 4 is 44.4 Å². The van der Waals surface area contributed by atoms with Crippen LogP contribution in [0.2, 0.25) is 0 Å². The Morgan fingerprint density at radius 2 is 1.69 bits per heavy atom. The molecule has 0 saturated heterocycles. The third-order valence-corrected chi connectivity index (χ3v) is 6.15. The van der Waals surface area contributed by atoms with E-state index < -0.39 is 30.1 Å². The van der Waals surface area contributed by atoms with E-state index in [4.69, 9.17) is 0 Å². The van der Waals surface area contributed by atoms with Gasteiger partial charge in [0.05, 0.1) is 28.1 Å². The van der Waals surface area contributed by atoms with Crippen molar-refractivity contribution in [1.82, 2.24) is 14.9 Å². The summed E-state index contributed by atoms with van der Waals surface area (Å²) in [5, 5.41) is 0.261. The second-order valence-corrected chi connectivity index (χ2v) is 8.14. The highest BCUT2D eigenvalue weighted by Gasteiger charge is 2.37. The highest BCUT2D eigenvalue weighted by molar-refractivity contribution is 7.22. The molecule has 9 heteroatoms. The quantitative estimate of drug-likeness (QED) is 0.437. The number of carbonyl (C=O) groups excluding carboxylic acids is 3. The van der Waals surface area contributed by atoms with Crippen LogP contribution in [0.15, 0.2) is 66.9 Å². The van der Waals surface area contributed by atoms with E-state index in [2.05, 4.69) is 9.97 Å². The van der Waals surface area contributed by atoms with Crippen LogP contribution in [0.4, 0.5) is 9.52 Å². The van der Waals surface area contributed by atoms with Gasteiger partial charge in [-0.25, -0.2) is 9.37 Å². The molecule has 5 rings (SSSR count). The summed E-state index contributed by atoms with van der Waals surface area (Å²) in [5.41, 5.74) is 1.28. The molecule has 0 fully saturated rings. The van der Waals surface area contributed by atoms with E-state index in [0.717, 1.165) is 16.2 Å². The molecule has 2 aromatic carbocycles. The van der Waals surface area contributed by atoms with Gasteiger partial charge in [-0.2, -0.15) is 0 Å². The van der Waals surface area contributed by atoms with E-state index in [1.807, 2.05) is 0 Å². The summed E-state index contributed by atoms with van der Waals surface area (Å²) in [6.07, 6.45) is 1.60. The fourth-order valence-electron chi connectivity index (χ4n) is 3.54. The lowest BCUT2D eigenvalue weighted by molar-refractivity contribution is -0.119. The molecule has 1 aliphatic rings. The average Bonchev–Trinajstić information content (AvgIpc) is 3.35. The van der Waals surface area contributed by atoms with Crippen molar-refractivity contribution in [2.24, 2.45) is 0 Å². The van der Waals surface area contributed by atoms with Crippen molar-refractivity contribution in [3.63, 3.8) is 0 Å². The third-order valence-electron chi connectivity index (χ3n) is 5.11. The van der Waals surface area contributed by atoms with Gasteiger partial charge in [0.2, 0.25) is 5.91 Å². The number of rotatable bonds is 5. The number of para-hydroxylation sites is 1.